The van der Waals surface area contributed by atoms with E-state index in [4.69, 9.17) is 4.74 Å². The van der Waals surface area contributed by atoms with E-state index in [1.54, 1.807) is 17.5 Å². The van der Waals surface area contributed by atoms with Crippen molar-refractivity contribution in [2.24, 2.45) is 5.92 Å². The third kappa shape index (κ3) is 4.85. The quantitative estimate of drug-likeness (QED) is 0.732. The molecule has 7 nitrogen and oxygen atoms in total. The molecule has 0 unspecified atom stereocenters. The van der Waals surface area contributed by atoms with Gasteiger partial charge in [-0.25, -0.2) is 8.42 Å². The summed E-state index contributed by atoms with van der Waals surface area (Å²) in [6, 6.07) is 11.5. The second-order valence-corrected chi connectivity index (χ2v) is 10.7. The van der Waals surface area contributed by atoms with Crippen LogP contribution in [0.4, 0.5) is 5.69 Å². The van der Waals surface area contributed by atoms with Gasteiger partial charge >= 0.3 is 0 Å². The summed E-state index contributed by atoms with van der Waals surface area (Å²) < 4.78 is 32.7. The first kappa shape index (κ1) is 21.3. The fourth-order valence-electron chi connectivity index (χ4n) is 3.89. The third-order valence-corrected chi connectivity index (χ3v) is 8.86. The molecule has 1 N–H and O–H groups in total. The molecule has 1 aromatic heterocycles. The minimum Gasteiger partial charge on any atom is -0.378 e. The number of anilines is 1. The molecule has 9 heteroatoms. The number of sulfonamides is 1. The van der Waals surface area contributed by atoms with Crippen molar-refractivity contribution in [1.29, 1.82) is 0 Å². The molecule has 0 aliphatic carbocycles. The Morgan fingerprint density at radius 1 is 1.13 bits per heavy atom. The zero-order valence-electron chi connectivity index (χ0n) is 16.8. The van der Waals surface area contributed by atoms with Gasteiger partial charge in [-0.05, 0) is 42.0 Å². The van der Waals surface area contributed by atoms with Gasteiger partial charge in [0.15, 0.2) is 0 Å². The van der Waals surface area contributed by atoms with Crippen molar-refractivity contribution < 1.29 is 17.9 Å². The second kappa shape index (κ2) is 9.47. The smallest absolute Gasteiger partial charge is 0.252 e. The van der Waals surface area contributed by atoms with Crippen LogP contribution in [0.1, 0.15) is 18.4 Å². The number of ether oxygens (including phenoxy) is 1. The van der Waals surface area contributed by atoms with Crippen LogP contribution in [0.3, 0.4) is 0 Å². The number of carbonyl (C=O) groups excluding carboxylic acids is 1. The molecule has 0 bridgehead atoms. The average Bonchev–Trinajstić information content (AvgIpc) is 3.34. The highest BCUT2D eigenvalue weighted by Gasteiger charge is 2.33. The molecule has 2 saturated heterocycles. The lowest BCUT2D eigenvalue weighted by molar-refractivity contribution is -0.126. The molecule has 2 aromatic rings. The van der Waals surface area contributed by atoms with Gasteiger partial charge in [0.2, 0.25) is 5.91 Å². The molecule has 30 heavy (non-hydrogen) atoms. The Morgan fingerprint density at radius 2 is 1.90 bits per heavy atom. The van der Waals surface area contributed by atoms with Crippen molar-refractivity contribution in [3.05, 3.63) is 47.3 Å². The number of morpholine rings is 1. The van der Waals surface area contributed by atoms with Crippen LogP contribution in [0.25, 0.3) is 0 Å². The highest BCUT2D eigenvalue weighted by molar-refractivity contribution is 7.91. The van der Waals surface area contributed by atoms with Gasteiger partial charge in [0.05, 0.1) is 19.1 Å². The summed E-state index contributed by atoms with van der Waals surface area (Å²) in [5.74, 6) is -0.403. The summed E-state index contributed by atoms with van der Waals surface area (Å²) in [6.07, 6.45) is 1.40. The molecule has 2 aliphatic rings. The van der Waals surface area contributed by atoms with Gasteiger partial charge in [0.1, 0.15) is 4.21 Å². The van der Waals surface area contributed by atoms with E-state index >= 15 is 0 Å². The zero-order chi connectivity index (χ0) is 21.0. The number of carbonyl (C=O) groups is 1. The topological polar surface area (TPSA) is 79.0 Å². The van der Waals surface area contributed by atoms with Crippen LogP contribution < -0.4 is 10.2 Å². The average molecular weight is 450 g/mol. The Kier molecular flexibility index (Phi) is 6.72. The second-order valence-electron chi connectivity index (χ2n) is 7.62. The van der Waals surface area contributed by atoms with Gasteiger partial charge in [-0.15, -0.1) is 11.3 Å². The number of hydrogen-bond acceptors (Lipinski definition) is 6. The Bertz CT molecular complexity index is 939. The standard InChI is InChI=1S/C21H27N3O4S2/c25-21(18-3-1-9-24(16-18)30(26,27)20-4-2-14-29-20)22-15-17-5-7-19(8-6-17)23-10-12-28-13-11-23/h2,4-8,14,18H,1,3,9-13,15-16H2,(H,22,25)/t18-/m0/s1. The fraction of sp³-hybridized carbons (Fsp3) is 0.476. The molecule has 4 rings (SSSR count). The van der Waals surface area contributed by atoms with Crippen LogP contribution in [-0.2, 0) is 26.1 Å². The van der Waals surface area contributed by atoms with Crippen LogP contribution in [0, 0.1) is 5.92 Å². The lowest BCUT2D eigenvalue weighted by Gasteiger charge is -2.31. The van der Waals surface area contributed by atoms with E-state index in [2.05, 4.69) is 22.3 Å². The van der Waals surface area contributed by atoms with Crippen molar-refractivity contribution in [3.8, 4) is 0 Å². The fourth-order valence-corrected chi connectivity index (χ4v) is 6.56. The molecule has 1 aromatic carbocycles. The Labute approximate surface area is 181 Å². The normalized spacial score (nSPS) is 20.8. The Morgan fingerprint density at radius 3 is 2.60 bits per heavy atom. The van der Waals surface area contributed by atoms with Crippen LogP contribution in [0.2, 0.25) is 0 Å². The monoisotopic (exact) mass is 449 g/mol. The van der Waals surface area contributed by atoms with Gasteiger partial charge in [-0.3, -0.25) is 4.79 Å². The van der Waals surface area contributed by atoms with E-state index in [-0.39, 0.29) is 18.4 Å². The molecule has 0 spiro atoms. The number of hydrogen-bond donors (Lipinski definition) is 1. The third-order valence-electron chi connectivity index (χ3n) is 5.62. The van der Waals surface area contributed by atoms with E-state index in [9.17, 15) is 13.2 Å². The van der Waals surface area contributed by atoms with Crippen LogP contribution in [-0.4, -0.2) is 58.0 Å². The molecule has 3 heterocycles. The predicted molar refractivity (Wildman–Crippen MR) is 117 cm³/mol. The van der Waals surface area contributed by atoms with E-state index < -0.39 is 10.0 Å². The van der Waals surface area contributed by atoms with Crippen molar-refractivity contribution in [3.63, 3.8) is 0 Å². The Hall–Kier alpha value is -1.94. The summed E-state index contributed by atoms with van der Waals surface area (Å²) in [7, 11) is -3.51. The van der Waals surface area contributed by atoms with Gasteiger partial charge in [0.25, 0.3) is 10.0 Å². The molecule has 0 radical (unpaired) electrons. The van der Waals surface area contributed by atoms with Crippen molar-refractivity contribution in [1.82, 2.24) is 9.62 Å². The lowest BCUT2D eigenvalue weighted by atomic mass is 9.98. The van der Waals surface area contributed by atoms with Gasteiger partial charge in [0, 0.05) is 38.4 Å². The summed E-state index contributed by atoms with van der Waals surface area (Å²) in [4.78, 5) is 15.0. The summed E-state index contributed by atoms with van der Waals surface area (Å²) in [5.41, 5.74) is 2.19. The van der Waals surface area contributed by atoms with Crippen molar-refractivity contribution in [2.45, 2.75) is 23.6 Å². The van der Waals surface area contributed by atoms with E-state index in [1.165, 1.54) is 15.6 Å². The molecule has 0 saturated carbocycles. The molecular formula is C21H27N3O4S2. The van der Waals surface area contributed by atoms with E-state index in [0.717, 1.165) is 37.6 Å². The van der Waals surface area contributed by atoms with Crippen LogP contribution >= 0.6 is 11.3 Å². The number of amides is 1. The maximum Gasteiger partial charge on any atom is 0.252 e. The molecule has 162 valence electrons. The first-order valence-electron chi connectivity index (χ1n) is 10.3. The van der Waals surface area contributed by atoms with Gasteiger partial charge in [-0.2, -0.15) is 4.31 Å². The number of benzene rings is 1. The summed E-state index contributed by atoms with van der Waals surface area (Å²) in [6.45, 7) is 4.42. The van der Waals surface area contributed by atoms with Gasteiger partial charge in [-0.1, -0.05) is 18.2 Å². The van der Waals surface area contributed by atoms with Crippen LogP contribution in [0.15, 0.2) is 46.0 Å². The van der Waals surface area contributed by atoms with Crippen molar-refractivity contribution >= 4 is 33.0 Å². The minimum absolute atomic E-state index is 0.0849. The highest BCUT2D eigenvalue weighted by Crippen LogP contribution is 2.26. The number of rotatable bonds is 6. The molecule has 2 fully saturated rings. The molecule has 1 atom stereocenters. The molecule has 2 aliphatic heterocycles. The lowest BCUT2D eigenvalue weighted by Crippen LogP contribution is -2.45. The van der Waals surface area contributed by atoms with Crippen LogP contribution in [0.5, 0.6) is 0 Å². The van der Waals surface area contributed by atoms with Gasteiger partial charge < -0.3 is 15.0 Å². The summed E-state index contributed by atoms with van der Waals surface area (Å²) >= 11 is 1.21. The number of nitrogens with one attached hydrogen (secondary N) is 1. The SMILES string of the molecule is O=C(NCc1ccc(N2CCOCC2)cc1)[C@H]1CCCN(S(=O)(=O)c2cccs2)C1. The molecular weight excluding hydrogens is 422 g/mol. The van der Waals surface area contributed by atoms with Crippen molar-refractivity contribution in [2.75, 3.05) is 44.3 Å². The maximum absolute atomic E-state index is 12.8. The maximum atomic E-state index is 12.8. The number of thiophene rings is 1. The first-order chi connectivity index (χ1) is 14.5. The number of nitrogens with zero attached hydrogens (tertiary/aromatic N) is 2. The Balaban J connectivity index is 1.31. The predicted octanol–water partition coefficient (Wildman–Crippen LogP) is 2.30. The minimum atomic E-state index is -3.51. The number of piperidine rings is 1. The zero-order valence-corrected chi connectivity index (χ0v) is 18.5. The van der Waals surface area contributed by atoms with E-state index in [0.29, 0.717) is 30.1 Å². The van der Waals surface area contributed by atoms with E-state index in [1.807, 2.05) is 12.1 Å². The summed E-state index contributed by atoms with van der Waals surface area (Å²) in [5, 5.41) is 4.74. The largest absolute Gasteiger partial charge is 0.378 e. The first-order valence-corrected chi connectivity index (χ1v) is 12.6. The highest BCUT2D eigenvalue weighted by atomic mass is 32.2. The molecule has 1 amide bonds.